The first kappa shape index (κ1) is 18.5. The fourth-order valence-electron chi connectivity index (χ4n) is 3.90. The average molecular weight is 382 g/mol. The van der Waals surface area contributed by atoms with Gasteiger partial charge in [0.15, 0.2) is 0 Å². The highest BCUT2D eigenvalue weighted by Gasteiger charge is 2.20. The predicted molar refractivity (Wildman–Crippen MR) is 113 cm³/mol. The van der Waals surface area contributed by atoms with E-state index in [9.17, 15) is 5.11 Å². The minimum atomic E-state index is -0.424. The Bertz CT molecular complexity index is 927. The van der Waals surface area contributed by atoms with E-state index in [1.807, 2.05) is 19.2 Å². The fraction of sp³-hybridized carbons (Fsp3) is 0.435. The van der Waals surface area contributed by atoms with E-state index in [4.69, 9.17) is 4.74 Å². The second kappa shape index (κ2) is 7.99. The standard InChI is InChI=1S/C23H27NO2S/c1-3-20(25)21-14-19-23(27-21)18(12-13-24-19)17-11-7-8-15(2)22(17)26-16-9-5-4-6-10-16/h7-8,11-14,16,20,25H,3-6,9-10H2,1-2H3. The molecule has 0 radical (unpaired) electrons. The van der Waals surface area contributed by atoms with Gasteiger partial charge in [0.2, 0.25) is 0 Å². The maximum Gasteiger partial charge on any atom is 0.130 e. The lowest BCUT2D eigenvalue weighted by atomic mass is 9.97. The number of aliphatic hydroxyl groups excluding tert-OH is 1. The van der Waals surface area contributed by atoms with Crippen LogP contribution in [0.15, 0.2) is 36.5 Å². The van der Waals surface area contributed by atoms with Gasteiger partial charge in [-0.15, -0.1) is 11.3 Å². The number of ether oxygens (including phenoxy) is 1. The molecule has 4 rings (SSSR count). The van der Waals surface area contributed by atoms with Gasteiger partial charge in [-0.2, -0.15) is 0 Å². The van der Waals surface area contributed by atoms with Gasteiger partial charge < -0.3 is 9.84 Å². The highest BCUT2D eigenvalue weighted by Crippen LogP contribution is 2.42. The molecule has 1 atom stereocenters. The van der Waals surface area contributed by atoms with E-state index in [1.165, 1.54) is 24.8 Å². The van der Waals surface area contributed by atoms with Gasteiger partial charge in [-0.25, -0.2) is 0 Å². The van der Waals surface area contributed by atoms with E-state index in [0.717, 1.165) is 44.8 Å². The van der Waals surface area contributed by atoms with Crippen LogP contribution < -0.4 is 4.74 Å². The van der Waals surface area contributed by atoms with Gasteiger partial charge in [0.05, 0.1) is 22.4 Å². The topological polar surface area (TPSA) is 42.4 Å². The number of fused-ring (bicyclic) bond motifs is 1. The Morgan fingerprint density at radius 2 is 2.00 bits per heavy atom. The molecule has 2 heterocycles. The molecule has 1 aromatic carbocycles. The molecule has 2 aromatic heterocycles. The van der Waals surface area contributed by atoms with Crippen molar-refractivity contribution < 1.29 is 9.84 Å². The Hall–Kier alpha value is -1.91. The highest BCUT2D eigenvalue weighted by atomic mass is 32.1. The molecule has 1 fully saturated rings. The summed E-state index contributed by atoms with van der Waals surface area (Å²) in [4.78, 5) is 5.51. The van der Waals surface area contributed by atoms with Crippen LogP contribution in [0, 0.1) is 6.92 Å². The summed E-state index contributed by atoms with van der Waals surface area (Å²) in [6, 6.07) is 10.5. The first-order valence-corrected chi connectivity index (χ1v) is 10.8. The third-order valence-electron chi connectivity index (χ3n) is 5.48. The molecule has 4 heteroatoms. The molecule has 142 valence electrons. The second-order valence-electron chi connectivity index (χ2n) is 7.48. The van der Waals surface area contributed by atoms with E-state index >= 15 is 0 Å². The smallest absolute Gasteiger partial charge is 0.130 e. The number of rotatable bonds is 5. The summed E-state index contributed by atoms with van der Waals surface area (Å²) in [7, 11) is 0. The van der Waals surface area contributed by atoms with Gasteiger partial charge in [0, 0.05) is 22.2 Å². The normalized spacial score (nSPS) is 16.6. The Morgan fingerprint density at radius 1 is 1.19 bits per heavy atom. The molecule has 0 aliphatic heterocycles. The van der Waals surface area contributed by atoms with Crippen molar-refractivity contribution in [1.82, 2.24) is 4.98 Å². The second-order valence-corrected chi connectivity index (χ2v) is 8.56. The van der Waals surface area contributed by atoms with Crippen LogP contribution in [0.2, 0.25) is 0 Å². The van der Waals surface area contributed by atoms with E-state index < -0.39 is 6.10 Å². The van der Waals surface area contributed by atoms with Gasteiger partial charge >= 0.3 is 0 Å². The molecule has 0 saturated heterocycles. The van der Waals surface area contributed by atoms with E-state index in [1.54, 1.807) is 11.3 Å². The molecule has 0 spiro atoms. The SMILES string of the molecule is CCC(O)c1cc2nccc(-c3cccc(C)c3OC3CCCCC3)c2s1. The van der Waals surface area contributed by atoms with Crippen molar-refractivity contribution in [3.8, 4) is 16.9 Å². The van der Waals surface area contributed by atoms with E-state index in [0.29, 0.717) is 12.5 Å². The quantitative estimate of drug-likeness (QED) is 0.554. The third kappa shape index (κ3) is 3.74. The molecule has 27 heavy (non-hydrogen) atoms. The number of aryl methyl sites for hydroxylation is 1. The minimum Gasteiger partial charge on any atom is -0.490 e. The molecule has 1 aliphatic carbocycles. The van der Waals surface area contributed by atoms with Crippen LogP contribution in [0.1, 0.15) is 62.0 Å². The number of aliphatic hydroxyl groups is 1. The maximum atomic E-state index is 10.3. The first-order valence-electron chi connectivity index (χ1n) is 10.0. The molecule has 1 saturated carbocycles. The van der Waals surface area contributed by atoms with Crippen molar-refractivity contribution in [2.75, 3.05) is 0 Å². The van der Waals surface area contributed by atoms with Crippen molar-refractivity contribution in [2.24, 2.45) is 0 Å². The molecule has 3 aromatic rings. The number of pyridine rings is 1. The molecule has 1 N–H and O–H groups in total. The summed E-state index contributed by atoms with van der Waals surface area (Å²) in [6.45, 7) is 4.13. The lowest BCUT2D eigenvalue weighted by molar-refractivity contribution is 0.155. The molecule has 0 amide bonds. The predicted octanol–water partition coefficient (Wildman–Crippen LogP) is 6.43. The summed E-state index contributed by atoms with van der Waals surface area (Å²) in [5, 5.41) is 10.3. The van der Waals surface area contributed by atoms with Gasteiger partial charge in [0.1, 0.15) is 5.75 Å². The van der Waals surface area contributed by atoms with Crippen LogP contribution in [0.25, 0.3) is 21.3 Å². The van der Waals surface area contributed by atoms with Crippen LogP contribution in [-0.2, 0) is 0 Å². The number of benzene rings is 1. The zero-order valence-electron chi connectivity index (χ0n) is 16.1. The van der Waals surface area contributed by atoms with Crippen molar-refractivity contribution in [2.45, 2.75) is 64.6 Å². The van der Waals surface area contributed by atoms with Crippen molar-refractivity contribution >= 4 is 21.6 Å². The van der Waals surface area contributed by atoms with Crippen LogP contribution in [0.4, 0.5) is 0 Å². The van der Waals surface area contributed by atoms with Crippen LogP contribution >= 0.6 is 11.3 Å². The maximum absolute atomic E-state index is 10.3. The Balaban J connectivity index is 1.79. The summed E-state index contributed by atoms with van der Waals surface area (Å²) in [5.41, 5.74) is 4.40. The van der Waals surface area contributed by atoms with Crippen molar-refractivity contribution in [1.29, 1.82) is 0 Å². The zero-order chi connectivity index (χ0) is 18.8. The Kier molecular flexibility index (Phi) is 5.46. The summed E-state index contributed by atoms with van der Waals surface area (Å²) in [5.74, 6) is 1.00. The van der Waals surface area contributed by atoms with Gasteiger partial charge in [0.25, 0.3) is 0 Å². The third-order valence-corrected chi connectivity index (χ3v) is 6.74. The van der Waals surface area contributed by atoms with Gasteiger partial charge in [-0.05, 0) is 56.7 Å². The lowest BCUT2D eigenvalue weighted by Gasteiger charge is -2.25. The molecule has 0 bridgehead atoms. The van der Waals surface area contributed by atoms with Crippen LogP contribution in [0.3, 0.4) is 0 Å². The number of thiophene rings is 1. The Morgan fingerprint density at radius 3 is 2.78 bits per heavy atom. The molecular formula is C23H27NO2S. The van der Waals surface area contributed by atoms with Crippen LogP contribution in [-0.4, -0.2) is 16.2 Å². The highest BCUT2D eigenvalue weighted by molar-refractivity contribution is 7.19. The van der Waals surface area contributed by atoms with Gasteiger partial charge in [-0.3, -0.25) is 4.98 Å². The van der Waals surface area contributed by atoms with E-state index in [-0.39, 0.29) is 0 Å². The zero-order valence-corrected chi connectivity index (χ0v) is 16.9. The molecule has 1 aliphatic rings. The average Bonchev–Trinajstić information content (AvgIpc) is 3.14. The summed E-state index contributed by atoms with van der Waals surface area (Å²) in [6.07, 6.45) is 8.59. The lowest BCUT2D eigenvalue weighted by Crippen LogP contribution is -2.20. The fourth-order valence-corrected chi connectivity index (χ4v) is 5.12. The van der Waals surface area contributed by atoms with E-state index in [2.05, 4.69) is 36.2 Å². The summed E-state index contributed by atoms with van der Waals surface area (Å²) >= 11 is 1.64. The van der Waals surface area contributed by atoms with Crippen LogP contribution in [0.5, 0.6) is 5.75 Å². The number of hydrogen-bond donors (Lipinski definition) is 1. The first-order chi connectivity index (χ1) is 13.2. The Labute approximate surface area is 165 Å². The van der Waals surface area contributed by atoms with Crippen molar-refractivity contribution in [3.05, 3.63) is 47.0 Å². The largest absolute Gasteiger partial charge is 0.490 e. The summed E-state index contributed by atoms with van der Waals surface area (Å²) < 4.78 is 7.65. The minimum absolute atomic E-state index is 0.316. The molecular weight excluding hydrogens is 354 g/mol. The number of aromatic nitrogens is 1. The van der Waals surface area contributed by atoms with Gasteiger partial charge in [-0.1, -0.05) is 31.5 Å². The molecule has 3 nitrogen and oxygen atoms in total. The number of nitrogens with zero attached hydrogens (tertiary/aromatic N) is 1. The number of hydrogen-bond acceptors (Lipinski definition) is 4. The van der Waals surface area contributed by atoms with Crippen molar-refractivity contribution in [3.63, 3.8) is 0 Å². The monoisotopic (exact) mass is 381 g/mol. The molecule has 1 unspecified atom stereocenters. The number of para-hydroxylation sites is 1.